The van der Waals surface area contributed by atoms with Gasteiger partial charge in [-0.3, -0.25) is 14.5 Å². The number of amides is 2. The molecular weight excluding hydrogens is 356 g/mol. The maximum Gasteiger partial charge on any atom is 0.238 e. The highest BCUT2D eigenvalue weighted by molar-refractivity contribution is 5.95. The molecule has 0 aliphatic carbocycles. The van der Waals surface area contributed by atoms with Gasteiger partial charge in [-0.2, -0.15) is 5.26 Å². The maximum absolute atomic E-state index is 12.4. The van der Waals surface area contributed by atoms with E-state index in [1.165, 1.54) is 0 Å². The van der Waals surface area contributed by atoms with E-state index in [2.05, 4.69) is 10.6 Å². The smallest absolute Gasteiger partial charge is 0.238 e. The van der Waals surface area contributed by atoms with Gasteiger partial charge in [-0.05, 0) is 43.3 Å². The number of carbonyl (C=O) groups is 2. The Morgan fingerprint density at radius 2 is 1.79 bits per heavy atom. The summed E-state index contributed by atoms with van der Waals surface area (Å²) in [5.41, 5.74) is 1.61. The number of anilines is 2. The number of hydrogen-bond donors (Lipinski definition) is 2. The molecule has 0 aliphatic rings. The number of rotatable bonds is 9. The summed E-state index contributed by atoms with van der Waals surface area (Å²) in [7, 11) is 1.54. The first kappa shape index (κ1) is 20.9. The molecule has 0 saturated heterocycles. The molecule has 0 heterocycles. The molecule has 2 N–H and O–H groups in total. The monoisotopic (exact) mass is 380 g/mol. The molecule has 2 aromatic carbocycles. The molecule has 0 bridgehead atoms. The molecule has 146 valence electrons. The van der Waals surface area contributed by atoms with E-state index < -0.39 is 0 Å². The van der Waals surface area contributed by atoms with Crippen molar-refractivity contribution in [1.29, 1.82) is 5.26 Å². The second-order valence-corrected chi connectivity index (χ2v) is 6.20. The maximum atomic E-state index is 12.4. The zero-order valence-corrected chi connectivity index (χ0v) is 16.1. The lowest BCUT2D eigenvalue weighted by atomic mass is 10.2. The summed E-state index contributed by atoms with van der Waals surface area (Å²) in [6, 6.07) is 15.9. The van der Waals surface area contributed by atoms with Crippen molar-refractivity contribution in [3.8, 4) is 11.8 Å². The Hall–Kier alpha value is -3.37. The summed E-state index contributed by atoms with van der Waals surface area (Å²) < 4.78 is 5.23. The number of ether oxygens (including phenoxy) is 1. The molecule has 0 unspecified atom stereocenters. The molecule has 28 heavy (non-hydrogen) atoms. The Morgan fingerprint density at radius 3 is 2.46 bits per heavy atom. The van der Waals surface area contributed by atoms with Crippen molar-refractivity contribution >= 4 is 23.2 Å². The Balaban J connectivity index is 1.95. The standard InChI is InChI=1S/C21H24N4O3/c1-3-11-25(14-20(26)23-17-8-6-7-16(12-17)13-22)15-21(27)24-18-9-4-5-10-19(18)28-2/h4-10,12H,3,11,14-15H2,1-2H3,(H,23,26)(H,24,27). The average molecular weight is 380 g/mol. The van der Waals surface area contributed by atoms with Crippen LogP contribution in [0.3, 0.4) is 0 Å². The molecule has 0 atom stereocenters. The van der Waals surface area contributed by atoms with Crippen molar-refractivity contribution in [2.24, 2.45) is 0 Å². The van der Waals surface area contributed by atoms with Crippen LogP contribution < -0.4 is 15.4 Å². The van der Waals surface area contributed by atoms with E-state index in [1.807, 2.05) is 25.1 Å². The lowest BCUT2D eigenvalue weighted by Crippen LogP contribution is -2.39. The lowest BCUT2D eigenvalue weighted by Gasteiger charge is -2.21. The van der Waals surface area contributed by atoms with Crippen molar-refractivity contribution < 1.29 is 14.3 Å². The molecule has 0 aliphatic heterocycles. The van der Waals surface area contributed by atoms with Crippen molar-refractivity contribution in [3.63, 3.8) is 0 Å². The second-order valence-electron chi connectivity index (χ2n) is 6.20. The zero-order valence-electron chi connectivity index (χ0n) is 16.1. The largest absolute Gasteiger partial charge is 0.495 e. The van der Waals surface area contributed by atoms with Gasteiger partial charge >= 0.3 is 0 Å². The van der Waals surface area contributed by atoms with E-state index in [4.69, 9.17) is 10.00 Å². The van der Waals surface area contributed by atoms with Crippen LogP contribution in [0.15, 0.2) is 48.5 Å². The summed E-state index contributed by atoms with van der Waals surface area (Å²) in [5.74, 6) is 0.110. The highest BCUT2D eigenvalue weighted by atomic mass is 16.5. The van der Waals surface area contributed by atoms with Gasteiger partial charge in [0.1, 0.15) is 5.75 Å². The summed E-state index contributed by atoms with van der Waals surface area (Å²) in [6.07, 6.45) is 0.805. The molecule has 0 radical (unpaired) electrons. The van der Waals surface area contributed by atoms with E-state index in [-0.39, 0.29) is 24.9 Å². The Labute approximate surface area is 164 Å². The number of nitrogens with zero attached hydrogens (tertiary/aromatic N) is 2. The average Bonchev–Trinajstić information content (AvgIpc) is 2.68. The molecule has 2 amide bonds. The first-order valence-electron chi connectivity index (χ1n) is 9.01. The number of carbonyl (C=O) groups excluding carboxylic acids is 2. The number of nitriles is 1. The Bertz CT molecular complexity index is 861. The van der Waals surface area contributed by atoms with E-state index in [1.54, 1.807) is 48.4 Å². The molecular formula is C21H24N4O3. The molecule has 7 heteroatoms. The van der Waals surface area contributed by atoms with Gasteiger partial charge in [0.15, 0.2) is 0 Å². The minimum absolute atomic E-state index is 0.0734. The van der Waals surface area contributed by atoms with E-state index in [9.17, 15) is 9.59 Å². The SMILES string of the molecule is CCCN(CC(=O)Nc1cccc(C#N)c1)CC(=O)Nc1ccccc1OC. The number of hydrogen-bond acceptors (Lipinski definition) is 5. The third kappa shape index (κ3) is 6.41. The molecule has 0 spiro atoms. The third-order valence-corrected chi connectivity index (χ3v) is 3.93. The highest BCUT2D eigenvalue weighted by Gasteiger charge is 2.15. The van der Waals surface area contributed by atoms with Gasteiger partial charge in [0, 0.05) is 5.69 Å². The summed E-state index contributed by atoms with van der Waals surface area (Å²) in [6.45, 7) is 2.74. The van der Waals surface area contributed by atoms with Crippen LogP contribution in [0.1, 0.15) is 18.9 Å². The van der Waals surface area contributed by atoms with Crippen LogP contribution in [0.25, 0.3) is 0 Å². The number of para-hydroxylation sites is 2. The van der Waals surface area contributed by atoms with Crippen LogP contribution in [0.5, 0.6) is 5.75 Å². The van der Waals surface area contributed by atoms with E-state index in [0.29, 0.717) is 29.2 Å². The minimum Gasteiger partial charge on any atom is -0.495 e. The highest BCUT2D eigenvalue weighted by Crippen LogP contribution is 2.22. The van der Waals surface area contributed by atoms with Crippen LogP contribution in [-0.2, 0) is 9.59 Å². The number of nitrogens with one attached hydrogen (secondary N) is 2. The van der Waals surface area contributed by atoms with Gasteiger partial charge in [0.2, 0.25) is 11.8 Å². The predicted molar refractivity (Wildman–Crippen MR) is 108 cm³/mol. The van der Waals surface area contributed by atoms with E-state index >= 15 is 0 Å². The van der Waals surface area contributed by atoms with Gasteiger partial charge in [0.05, 0.1) is 37.5 Å². The van der Waals surface area contributed by atoms with Crippen molar-refractivity contribution in [3.05, 3.63) is 54.1 Å². The number of methoxy groups -OCH3 is 1. The molecule has 0 saturated carbocycles. The first-order valence-corrected chi connectivity index (χ1v) is 9.01. The van der Waals surface area contributed by atoms with Gasteiger partial charge < -0.3 is 15.4 Å². The molecule has 2 aromatic rings. The van der Waals surface area contributed by atoms with Crippen molar-refractivity contribution in [2.45, 2.75) is 13.3 Å². The number of benzene rings is 2. The fraction of sp³-hybridized carbons (Fsp3) is 0.286. The lowest BCUT2D eigenvalue weighted by molar-refractivity contribution is -0.120. The van der Waals surface area contributed by atoms with Crippen LogP contribution in [0, 0.1) is 11.3 Å². The summed E-state index contributed by atoms with van der Waals surface area (Å²) >= 11 is 0. The van der Waals surface area contributed by atoms with Crippen LogP contribution >= 0.6 is 0 Å². The first-order chi connectivity index (χ1) is 13.5. The van der Waals surface area contributed by atoms with Gasteiger partial charge in [0.25, 0.3) is 0 Å². The molecule has 0 aromatic heterocycles. The van der Waals surface area contributed by atoms with Crippen LogP contribution in [-0.4, -0.2) is 43.5 Å². The molecule has 2 rings (SSSR count). The zero-order chi connectivity index (χ0) is 20.4. The fourth-order valence-electron chi connectivity index (χ4n) is 2.74. The normalized spacial score (nSPS) is 10.2. The summed E-state index contributed by atoms with van der Waals surface area (Å²) in [5, 5.41) is 14.5. The molecule has 0 fully saturated rings. The van der Waals surface area contributed by atoms with Crippen LogP contribution in [0.4, 0.5) is 11.4 Å². The fourth-order valence-corrected chi connectivity index (χ4v) is 2.74. The quantitative estimate of drug-likeness (QED) is 0.698. The van der Waals surface area contributed by atoms with Crippen molar-refractivity contribution in [1.82, 2.24) is 4.90 Å². The topological polar surface area (TPSA) is 94.5 Å². The Morgan fingerprint density at radius 1 is 1.07 bits per heavy atom. The van der Waals surface area contributed by atoms with Gasteiger partial charge in [-0.1, -0.05) is 25.1 Å². The minimum atomic E-state index is -0.242. The summed E-state index contributed by atoms with van der Waals surface area (Å²) in [4.78, 5) is 26.5. The second kappa shape index (κ2) is 10.7. The van der Waals surface area contributed by atoms with Gasteiger partial charge in [-0.25, -0.2) is 0 Å². The van der Waals surface area contributed by atoms with E-state index in [0.717, 1.165) is 6.42 Å². The Kier molecular flexibility index (Phi) is 8.00. The molecule has 7 nitrogen and oxygen atoms in total. The van der Waals surface area contributed by atoms with Crippen molar-refractivity contribution in [2.75, 3.05) is 37.4 Å². The van der Waals surface area contributed by atoms with Gasteiger partial charge in [-0.15, -0.1) is 0 Å². The van der Waals surface area contributed by atoms with Crippen LogP contribution in [0.2, 0.25) is 0 Å². The third-order valence-electron chi connectivity index (χ3n) is 3.93. The predicted octanol–water partition coefficient (Wildman–Crippen LogP) is 2.86.